The van der Waals surface area contributed by atoms with Crippen molar-refractivity contribution in [2.45, 2.75) is 53.9 Å². The standard InChI is InChI=1S/C13H29N/c1-6-9-13(7-2)11-14(8-3)10-12(4)5/h12-13H,6-11H2,1-5H3. The fourth-order valence-electron chi connectivity index (χ4n) is 2.05. The van der Waals surface area contributed by atoms with Crippen LogP contribution in [0.2, 0.25) is 0 Å². The van der Waals surface area contributed by atoms with Gasteiger partial charge in [-0.05, 0) is 24.8 Å². The van der Waals surface area contributed by atoms with Crippen LogP contribution in [0.3, 0.4) is 0 Å². The lowest BCUT2D eigenvalue weighted by Crippen LogP contribution is -2.32. The van der Waals surface area contributed by atoms with Crippen LogP contribution in [0.25, 0.3) is 0 Å². The van der Waals surface area contributed by atoms with Gasteiger partial charge in [0.15, 0.2) is 0 Å². The average Bonchev–Trinajstić information content (AvgIpc) is 2.15. The van der Waals surface area contributed by atoms with Crippen molar-refractivity contribution in [1.29, 1.82) is 0 Å². The number of hydrogen-bond donors (Lipinski definition) is 0. The van der Waals surface area contributed by atoms with Crippen molar-refractivity contribution in [2.75, 3.05) is 19.6 Å². The molecule has 0 aliphatic carbocycles. The van der Waals surface area contributed by atoms with E-state index in [-0.39, 0.29) is 0 Å². The number of hydrogen-bond acceptors (Lipinski definition) is 1. The van der Waals surface area contributed by atoms with Gasteiger partial charge in [0, 0.05) is 13.1 Å². The molecule has 0 heterocycles. The summed E-state index contributed by atoms with van der Waals surface area (Å²) in [6, 6.07) is 0. The summed E-state index contributed by atoms with van der Waals surface area (Å²) in [5.74, 6) is 1.72. The van der Waals surface area contributed by atoms with Crippen molar-refractivity contribution in [2.24, 2.45) is 11.8 Å². The first-order valence-corrected chi connectivity index (χ1v) is 6.36. The molecule has 14 heavy (non-hydrogen) atoms. The lowest BCUT2D eigenvalue weighted by Gasteiger charge is -2.27. The van der Waals surface area contributed by atoms with Gasteiger partial charge in [-0.1, -0.05) is 47.5 Å². The Bertz CT molecular complexity index is 120. The second-order valence-electron chi connectivity index (χ2n) is 4.81. The Labute approximate surface area is 90.9 Å². The first-order chi connectivity index (χ1) is 6.63. The van der Waals surface area contributed by atoms with Crippen molar-refractivity contribution < 1.29 is 0 Å². The molecule has 86 valence electrons. The molecule has 0 saturated carbocycles. The Kier molecular flexibility index (Phi) is 8.26. The fourth-order valence-corrected chi connectivity index (χ4v) is 2.05. The first-order valence-electron chi connectivity index (χ1n) is 6.36. The van der Waals surface area contributed by atoms with Gasteiger partial charge in [-0.25, -0.2) is 0 Å². The lowest BCUT2D eigenvalue weighted by atomic mass is 9.99. The topological polar surface area (TPSA) is 3.24 Å². The zero-order valence-corrected chi connectivity index (χ0v) is 10.8. The van der Waals surface area contributed by atoms with Gasteiger partial charge < -0.3 is 4.90 Å². The van der Waals surface area contributed by atoms with Crippen molar-refractivity contribution in [3.63, 3.8) is 0 Å². The third-order valence-electron chi connectivity index (χ3n) is 2.86. The van der Waals surface area contributed by atoms with Gasteiger partial charge in [0.1, 0.15) is 0 Å². The summed E-state index contributed by atoms with van der Waals surface area (Å²) in [5, 5.41) is 0. The van der Waals surface area contributed by atoms with Crippen LogP contribution in [0.4, 0.5) is 0 Å². The molecule has 1 heteroatoms. The first kappa shape index (κ1) is 14.0. The third-order valence-corrected chi connectivity index (χ3v) is 2.86. The SMILES string of the molecule is CCCC(CC)CN(CC)CC(C)C. The van der Waals surface area contributed by atoms with Gasteiger partial charge in [0.2, 0.25) is 0 Å². The second kappa shape index (κ2) is 8.28. The molecule has 1 nitrogen and oxygen atoms in total. The molecule has 0 N–H and O–H groups in total. The van der Waals surface area contributed by atoms with Crippen LogP contribution in [0.5, 0.6) is 0 Å². The Hall–Kier alpha value is -0.0400. The van der Waals surface area contributed by atoms with Gasteiger partial charge in [-0.3, -0.25) is 0 Å². The van der Waals surface area contributed by atoms with Gasteiger partial charge in [0.05, 0.1) is 0 Å². The van der Waals surface area contributed by atoms with E-state index >= 15 is 0 Å². The molecule has 0 aromatic carbocycles. The molecule has 0 aliphatic rings. The highest BCUT2D eigenvalue weighted by Gasteiger charge is 2.11. The molecule has 0 bridgehead atoms. The maximum absolute atomic E-state index is 2.61. The smallest absolute Gasteiger partial charge is 0.000955 e. The molecular weight excluding hydrogens is 170 g/mol. The van der Waals surface area contributed by atoms with E-state index in [4.69, 9.17) is 0 Å². The second-order valence-corrected chi connectivity index (χ2v) is 4.81. The molecule has 0 aromatic heterocycles. The quantitative estimate of drug-likeness (QED) is 0.575. The molecule has 1 unspecified atom stereocenters. The Morgan fingerprint density at radius 2 is 1.64 bits per heavy atom. The summed E-state index contributed by atoms with van der Waals surface area (Å²) in [5.41, 5.74) is 0. The minimum Gasteiger partial charge on any atom is -0.303 e. The van der Waals surface area contributed by atoms with E-state index < -0.39 is 0 Å². The van der Waals surface area contributed by atoms with Crippen molar-refractivity contribution in [1.82, 2.24) is 4.90 Å². The maximum atomic E-state index is 2.61. The average molecular weight is 199 g/mol. The van der Waals surface area contributed by atoms with Gasteiger partial charge in [-0.2, -0.15) is 0 Å². The van der Waals surface area contributed by atoms with Gasteiger partial charge in [-0.15, -0.1) is 0 Å². The molecule has 0 rings (SSSR count). The fraction of sp³-hybridized carbons (Fsp3) is 1.00. The predicted octanol–water partition coefficient (Wildman–Crippen LogP) is 3.79. The molecule has 0 aliphatic heterocycles. The molecule has 0 aromatic rings. The van der Waals surface area contributed by atoms with E-state index in [0.29, 0.717) is 0 Å². The van der Waals surface area contributed by atoms with Crippen molar-refractivity contribution in [3.8, 4) is 0 Å². The number of nitrogens with zero attached hydrogens (tertiary/aromatic N) is 1. The van der Waals surface area contributed by atoms with Crippen LogP contribution in [-0.4, -0.2) is 24.5 Å². The van der Waals surface area contributed by atoms with Gasteiger partial charge in [0.25, 0.3) is 0 Å². The summed E-state index contributed by atoms with van der Waals surface area (Å²) in [6.45, 7) is 15.3. The molecule has 0 fully saturated rings. The van der Waals surface area contributed by atoms with Crippen LogP contribution in [0, 0.1) is 11.8 Å². The molecular formula is C13H29N. The summed E-state index contributed by atoms with van der Waals surface area (Å²) in [4.78, 5) is 2.61. The van der Waals surface area contributed by atoms with E-state index in [1.54, 1.807) is 0 Å². The molecule has 0 saturated heterocycles. The van der Waals surface area contributed by atoms with Crippen molar-refractivity contribution >= 4 is 0 Å². The third kappa shape index (κ3) is 6.42. The largest absolute Gasteiger partial charge is 0.303 e. The van der Waals surface area contributed by atoms with Crippen LogP contribution < -0.4 is 0 Å². The molecule has 0 amide bonds. The maximum Gasteiger partial charge on any atom is 0.000955 e. The van der Waals surface area contributed by atoms with Crippen LogP contribution in [0.1, 0.15) is 53.9 Å². The lowest BCUT2D eigenvalue weighted by molar-refractivity contribution is 0.208. The minimum atomic E-state index is 0.800. The normalized spacial score (nSPS) is 13.9. The van der Waals surface area contributed by atoms with E-state index in [9.17, 15) is 0 Å². The summed E-state index contributed by atoms with van der Waals surface area (Å²) in [6.07, 6.45) is 4.06. The Morgan fingerprint density at radius 1 is 1.00 bits per heavy atom. The Balaban J connectivity index is 3.87. The summed E-state index contributed by atoms with van der Waals surface area (Å²) >= 11 is 0. The highest BCUT2D eigenvalue weighted by Crippen LogP contribution is 2.13. The van der Waals surface area contributed by atoms with E-state index in [1.165, 1.54) is 38.9 Å². The Morgan fingerprint density at radius 3 is 2.00 bits per heavy atom. The highest BCUT2D eigenvalue weighted by molar-refractivity contribution is 4.65. The van der Waals surface area contributed by atoms with Crippen molar-refractivity contribution in [3.05, 3.63) is 0 Å². The molecule has 0 spiro atoms. The monoisotopic (exact) mass is 199 g/mol. The summed E-state index contributed by atoms with van der Waals surface area (Å²) in [7, 11) is 0. The molecule has 0 radical (unpaired) electrons. The zero-order valence-electron chi connectivity index (χ0n) is 10.8. The zero-order chi connectivity index (χ0) is 11.0. The van der Waals surface area contributed by atoms with Gasteiger partial charge >= 0.3 is 0 Å². The summed E-state index contributed by atoms with van der Waals surface area (Å²) < 4.78 is 0. The van der Waals surface area contributed by atoms with E-state index in [0.717, 1.165) is 11.8 Å². The predicted molar refractivity (Wildman–Crippen MR) is 65.6 cm³/mol. The van der Waals surface area contributed by atoms with Crippen LogP contribution >= 0.6 is 0 Å². The van der Waals surface area contributed by atoms with E-state index in [1.807, 2.05) is 0 Å². The van der Waals surface area contributed by atoms with Crippen LogP contribution in [-0.2, 0) is 0 Å². The van der Waals surface area contributed by atoms with E-state index in [2.05, 4.69) is 39.5 Å². The van der Waals surface area contributed by atoms with Crippen LogP contribution in [0.15, 0.2) is 0 Å². The highest BCUT2D eigenvalue weighted by atomic mass is 15.1. The number of rotatable bonds is 8. The minimum absolute atomic E-state index is 0.800. The molecule has 1 atom stereocenters.